The fraction of sp³-hybridized carbons (Fsp3) is 0.200. The Hall–Kier alpha value is -3.18. The summed E-state index contributed by atoms with van der Waals surface area (Å²) in [5.41, 5.74) is -5.47. The lowest BCUT2D eigenvalue weighted by atomic mass is 10.2. The quantitative estimate of drug-likeness (QED) is 0.682. The molecule has 0 spiro atoms. The van der Waals surface area contributed by atoms with E-state index in [9.17, 15) is 31.1 Å². The normalized spacial score (nSPS) is 12.4. The molecule has 0 fully saturated rings. The van der Waals surface area contributed by atoms with E-state index in [-0.39, 0.29) is 11.2 Å². The molecule has 12 heteroatoms. The standard InChI is InChI=1S/C15H9F6N5O/c1-22-11-7-4-5-9(14(16,17)18)24-12(7)26(13(27)25-11)8-3-2-6-23-10(8)15(19,20)21/h2-6H,1H3,(H,22,25,27). The van der Waals surface area contributed by atoms with Crippen molar-refractivity contribution >= 4 is 16.9 Å². The Kier molecular flexibility index (Phi) is 4.28. The number of hydrogen-bond donors (Lipinski definition) is 1. The lowest BCUT2D eigenvalue weighted by Gasteiger charge is -2.16. The summed E-state index contributed by atoms with van der Waals surface area (Å²) in [5, 5.41) is 2.44. The Balaban J connectivity index is 2.47. The van der Waals surface area contributed by atoms with Crippen LogP contribution >= 0.6 is 0 Å². The van der Waals surface area contributed by atoms with Crippen LogP contribution in [0.2, 0.25) is 0 Å². The van der Waals surface area contributed by atoms with Crippen molar-refractivity contribution in [2.45, 2.75) is 12.4 Å². The number of nitrogens with one attached hydrogen (secondary N) is 1. The van der Waals surface area contributed by atoms with E-state index in [1.165, 1.54) is 7.05 Å². The Bertz CT molecular complexity index is 1070. The lowest BCUT2D eigenvalue weighted by molar-refractivity contribution is -0.142. The topological polar surface area (TPSA) is 72.7 Å². The first-order valence-electron chi connectivity index (χ1n) is 7.25. The molecule has 0 aliphatic rings. The molecule has 0 unspecified atom stereocenters. The first-order valence-corrected chi connectivity index (χ1v) is 7.25. The third kappa shape index (κ3) is 3.29. The summed E-state index contributed by atoms with van der Waals surface area (Å²) in [6, 6.07) is 3.64. The Labute approximate surface area is 146 Å². The average Bonchev–Trinajstić information content (AvgIpc) is 2.59. The number of anilines is 1. The number of alkyl halides is 6. The SMILES string of the molecule is CNc1nc(=O)n(-c2cccnc2C(F)(F)F)c2nc(C(F)(F)F)ccc12. The van der Waals surface area contributed by atoms with Crippen molar-refractivity contribution in [2.75, 3.05) is 12.4 Å². The van der Waals surface area contributed by atoms with Gasteiger partial charge in [-0.1, -0.05) is 0 Å². The van der Waals surface area contributed by atoms with E-state index >= 15 is 0 Å². The molecule has 0 amide bonds. The van der Waals surface area contributed by atoms with E-state index in [2.05, 4.69) is 20.3 Å². The molecule has 0 bridgehead atoms. The summed E-state index contributed by atoms with van der Waals surface area (Å²) in [7, 11) is 1.36. The Morgan fingerprint density at radius 2 is 1.70 bits per heavy atom. The molecule has 0 aliphatic carbocycles. The third-order valence-corrected chi connectivity index (χ3v) is 3.56. The second-order valence-corrected chi connectivity index (χ2v) is 5.26. The third-order valence-electron chi connectivity index (χ3n) is 3.56. The van der Waals surface area contributed by atoms with Gasteiger partial charge in [0.1, 0.15) is 11.5 Å². The van der Waals surface area contributed by atoms with E-state index in [4.69, 9.17) is 0 Å². The largest absolute Gasteiger partial charge is 0.435 e. The van der Waals surface area contributed by atoms with Crippen LogP contribution in [0, 0.1) is 0 Å². The van der Waals surface area contributed by atoms with Gasteiger partial charge in [-0.15, -0.1) is 0 Å². The van der Waals surface area contributed by atoms with E-state index in [1.807, 2.05) is 0 Å². The Morgan fingerprint density at radius 3 is 2.30 bits per heavy atom. The maximum atomic E-state index is 13.3. The zero-order valence-corrected chi connectivity index (χ0v) is 13.4. The van der Waals surface area contributed by atoms with Crippen LogP contribution in [0.15, 0.2) is 35.3 Å². The summed E-state index contributed by atoms with van der Waals surface area (Å²) < 4.78 is 79.3. The molecular formula is C15H9F6N5O. The molecule has 3 heterocycles. The van der Waals surface area contributed by atoms with Gasteiger partial charge in [0.25, 0.3) is 0 Å². The molecule has 0 saturated carbocycles. The number of aromatic nitrogens is 4. The molecule has 1 N–H and O–H groups in total. The van der Waals surface area contributed by atoms with Crippen LogP contribution in [0.3, 0.4) is 0 Å². The van der Waals surface area contributed by atoms with Gasteiger partial charge in [-0.05, 0) is 24.3 Å². The van der Waals surface area contributed by atoms with E-state index in [0.717, 1.165) is 24.4 Å². The molecule has 27 heavy (non-hydrogen) atoms. The molecular weight excluding hydrogens is 380 g/mol. The molecule has 3 aromatic rings. The molecule has 0 radical (unpaired) electrons. The molecule has 0 aromatic carbocycles. The van der Waals surface area contributed by atoms with Crippen LogP contribution < -0.4 is 11.0 Å². The fourth-order valence-corrected chi connectivity index (χ4v) is 2.46. The molecule has 3 rings (SSSR count). The molecule has 0 aliphatic heterocycles. The van der Waals surface area contributed by atoms with Crippen LogP contribution in [-0.4, -0.2) is 26.6 Å². The average molecular weight is 389 g/mol. The van der Waals surface area contributed by atoms with Crippen LogP contribution in [0.25, 0.3) is 16.7 Å². The Morgan fingerprint density at radius 1 is 1.00 bits per heavy atom. The summed E-state index contributed by atoms with van der Waals surface area (Å²) >= 11 is 0. The minimum absolute atomic E-state index is 0.0675. The van der Waals surface area contributed by atoms with E-state index in [1.54, 1.807) is 0 Å². The highest BCUT2D eigenvalue weighted by atomic mass is 19.4. The second kappa shape index (κ2) is 6.21. The van der Waals surface area contributed by atoms with Crippen molar-refractivity contribution in [3.63, 3.8) is 0 Å². The van der Waals surface area contributed by atoms with Gasteiger partial charge in [0.2, 0.25) is 0 Å². The minimum Gasteiger partial charge on any atom is -0.372 e. The van der Waals surface area contributed by atoms with Gasteiger partial charge in [-0.25, -0.2) is 19.3 Å². The highest BCUT2D eigenvalue weighted by Crippen LogP contribution is 2.34. The number of pyridine rings is 2. The first-order chi connectivity index (χ1) is 12.5. The number of fused-ring (bicyclic) bond motifs is 1. The molecule has 6 nitrogen and oxygen atoms in total. The lowest BCUT2D eigenvalue weighted by Crippen LogP contribution is -2.27. The van der Waals surface area contributed by atoms with Crippen molar-refractivity contribution in [3.05, 3.63) is 52.3 Å². The zero-order chi connectivity index (χ0) is 20.0. The highest BCUT2D eigenvalue weighted by Gasteiger charge is 2.37. The monoisotopic (exact) mass is 389 g/mol. The summed E-state index contributed by atoms with van der Waals surface area (Å²) in [4.78, 5) is 22.5. The van der Waals surface area contributed by atoms with Gasteiger partial charge in [0.15, 0.2) is 11.3 Å². The van der Waals surface area contributed by atoms with Gasteiger partial charge in [-0.3, -0.25) is 0 Å². The number of halogens is 6. The van der Waals surface area contributed by atoms with Gasteiger partial charge in [0, 0.05) is 13.2 Å². The van der Waals surface area contributed by atoms with E-state index < -0.39 is 40.8 Å². The summed E-state index contributed by atoms with van der Waals surface area (Å²) in [6.07, 6.45) is -8.96. The van der Waals surface area contributed by atoms with E-state index in [0.29, 0.717) is 10.6 Å². The van der Waals surface area contributed by atoms with Crippen LogP contribution in [0.5, 0.6) is 0 Å². The molecule has 0 saturated heterocycles. The van der Waals surface area contributed by atoms with Crippen molar-refractivity contribution < 1.29 is 26.3 Å². The van der Waals surface area contributed by atoms with Crippen LogP contribution in [-0.2, 0) is 12.4 Å². The van der Waals surface area contributed by atoms with Crippen molar-refractivity contribution in [1.82, 2.24) is 19.5 Å². The van der Waals surface area contributed by atoms with Gasteiger partial charge < -0.3 is 5.32 Å². The van der Waals surface area contributed by atoms with Gasteiger partial charge >= 0.3 is 18.0 Å². The maximum absolute atomic E-state index is 13.3. The van der Waals surface area contributed by atoms with Crippen LogP contribution in [0.4, 0.5) is 32.2 Å². The first kappa shape index (κ1) is 18.6. The second-order valence-electron chi connectivity index (χ2n) is 5.26. The van der Waals surface area contributed by atoms with Gasteiger partial charge in [-0.2, -0.15) is 31.3 Å². The zero-order valence-electron chi connectivity index (χ0n) is 13.4. The molecule has 0 atom stereocenters. The minimum atomic E-state index is -4.95. The molecule has 3 aromatic heterocycles. The van der Waals surface area contributed by atoms with Gasteiger partial charge in [0.05, 0.1) is 11.1 Å². The highest BCUT2D eigenvalue weighted by molar-refractivity contribution is 5.87. The predicted octanol–water partition coefficient (Wildman–Crippen LogP) is 3.26. The molecule has 142 valence electrons. The smallest absolute Gasteiger partial charge is 0.372 e. The number of hydrogen-bond acceptors (Lipinski definition) is 5. The van der Waals surface area contributed by atoms with Crippen molar-refractivity contribution in [2.24, 2.45) is 0 Å². The number of nitrogens with zero attached hydrogens (tertiary/aromatic N) is 4. The number of rotatable bonds is 2. The fourth-order valence-electron chi connectivity index (χ4n) is 2.46. The maximum Gasteiger partial charge on any atom is 0.435 e. The van der Waals surface area contributed by atoms with Crippen molar-refractivity contribution in [1.29, 1.82) is 0 Å². The van der Waals surface area contributed by atoms with Crippen LogP contribution in [0.1, 0.15) is 11.4 Å². The van der Waals surface area contributed by atoms with Crippen molar-refractivity contribution in [3.8, 4) is 5.69 Å². The summed E-state index contributed by atoms with van der Waals surface area (Å²) in [6.45, 7) is 0. The summed E-state index contributed by atoms with van der Waals surface area (Å²) in [5.74, 6) is -0.120. The predicted molar refractivity (Wildman–Crippen MR) is 82.5 cm³/mol.